The van der Waals surface area contributed by atoms with Crippen LogP contribution in [0.3, 0.4) is 0 Å². The molecule has 0 saturated carbocycles. The topological polar surface area (TPSA) is 132 Å². The lowest BCUT2D eigenvalue weighted by atomic mass is 10.2. The molecule has 2 aromatic carbocycles. The van der Waals surface area contributed by atoms with Crippen LogP contribution in [0.15, 0.2) is 47.6 Å². The normalized spacial score (nSPS) is 11.6. The maximum atomic E-state index is 12.6. The molecule has 0 spiro atoms. The van der Waals surface area contributed by atoms with Crippen molar-refractivity contribution >= 4 is 46.6 Å². The average Bonchev–Trinajstić information content (AvgIpc) is 3.22. The Morgan fingerprint density at radius 1 is 1.24 bits per heavy atom. The Kier molecular flexibility index (Phi) is 8.24. The number of thioether (sulfide) groups is 1. The molecule has 0 aliphatic rings. The fraction of sp³-hybridized carbons (Fsp3) is 0.273. The van der Waals surface area contributed by atoms with Crippen molar-refractivity contribution in [1.29, 1.82) is 0 Å². The van der Waals surface area contributed by atoms with Gasteiger partial charge in [0.1, 0.15) is 0 Å². The van der Waals surface area contributed by atoms with Gasteiger partial charge in [0.05, 0.1) is 27.3 Å². The lowest BCUT2D eigenvalue weighted by molar-refractivity contribution is -0.384. The largest absolute Gasteiger partial charge is 0.342 e. The third kappa shape index (κ3) is 5.91. The third-order valence-corrected chi connectivity index (χ3v) is 6.24. The van der Waals surface area contributed by atoms with Crippen molar-refractivity contribution in [2.24, 2.45) is 0 Å². The first-order chi connectivity index (χ1) is 16.2. The molecule has 0 saturated heterocycles. The monoisotopic (exact) mass is 502 g/mol. The van der Waals surface area contributed by atoms with Crippen LogP contribution in [0.4, 0.5) is 11.4 Å². The molecule has 3 rings (SSSR count). The van der Waals surface area contributed by atoms with Crippen molar-refractivity contribution in [2.75, 3.05) is 11.1 Å². The standard InChI is InChI=1S/C22H23ClN6O4S/c1-4-28-20(14(3)24-21(31)16-7-5-6-8-17(16)23)26-27-22(28)34-12-19(30)25-18-10-9-15(29(32)33)11-13(18)2/h5-11,14H,4,12H2,1-3H3,(H,24,31)(H,25,30)/t14-/m0/s1. The molecule has 12 heteroatoms. The van der Waals surface area contributed by atoms with Gasteiger partial charge in [-0.2, -0.15) is 0 Å². The molecule has 3 aromatic rings. The zero-order chi connectivity index (χ0) is 24.8. The van der Waals surface area contributed by atoms with E-state index in [0.29, 0.717) is 39.4 Å². The van der Waals surface area contributed by atoms with Crippen LogP contribution in [0, 0.1) is 17.0 Å². The van der Waals surface area contributed by atoms with Crippen LogP contribution in [-0.4, -0.2) is 37.3 Å². The molecule has 1 heterocycles. The third-order valence-electron chi connectivity index (χ3n) is 4.94. The molecule has 0 aliphatic carbocycles. The summed E-state index contributed by atoms with van der Waals surface area (Å²) in [5.41, 5.74) is 1.43. The van der Waals surface area contributed by atoms with Gasteiger partial charge < -0.3 is 15.2 Å². The summed E-state index contributed by atoms with van der Waals surface area (Å²) in [7, 11) is 0. The molecule has 178 valence electrons. The first-order valence-electron chi connectivity index (χ1n) is 10.4. The number of amides is 2. The SMILES string of the molecule is CCn1c(SCC(=O)Nc2ccc([N+](=O)[O-])cc2C)nnc1[C@H](C)NC(=O)c1ccccc1Cl. The molecule has 34 heavy (non-hydrogen) atoms. The lowest BCUT2D eigenvalue weighted by Gasteiger charge is -2.15. The van der Waals surface area contributed by atoms with Gasteiger partial charge in [0, 0.05) is 24.4 Å². The second kappa shape index (κ2) is 11.1. The van der Waals surface area contributed by atoms with Crippen LogP contribution in [-0.2, 0) is 11.3 Å². The summed E-state index contributed by atoms with van der Waals surface area (Å²) >= 11 is 7.31. The Balaban J connectivity index is 1.64. The first kappa shape index (κ1) is 25.2. The maximum Gasteiger partial charge on any atom is 0.269 e. The van der Waals surface area contributed by atoms with Gasteiger partial charge in [-0.15, -0.1) is 10.2 Å². The number of aryl methyl sites for hydroxylation is 1. The van der Waals surface area contributed by atoms with Crippen LogP contribution < -0.4 is 10.6 Å². The van der Waals surface area contributed by atoms with Crippen LogP contribution in [0.1, 0.15) is 41.6 Å². The van der Waals surface area contributed by atoms with E-state index in [1.165, 1.54) is 30.0 Å². The van der Waals surface area contributed by atoms with Gasteiger partial charge in [-0.05, 0) is 44.5 Å². The molecule has 0 fully saturated rings. The molecule has 0 radical (unpaired) electrons. The Labute approximate surface area is 205 Å². The van der Waals surface area contributed by atoms with E-state index >= 15 is 0 Å². The molecule has 0 aliphatic heterocycles. The summed E-state index contributed by atoms with van der Waals surface area (Å²) in [6.45, 7) is 5.94. The minimum absolute atomic E-state index is 0.0378. The predicted molar refractivity (Wildman–Crippen MR) is 130 cm³/mol. The Morgan fingerprint density at radius 2 is 1.97 bits per heavy atom. The van der Waals surface area contributed by atoms with Gasteiger partial charge in [-0.25, -0.2) is 0 Å². The molecule has 2 amide bonds. The number of non-ortho nitro benzene ring substituents is 1. The number of halogens is 1. The van der Waals surface area contributed by atoms with Crippen molar-refractivity contribution in [3.63, 3.8) is 0 Å². The van der Waals surface area contributed by atoms with Gasteiger partial charge in [0.15, 0.2) is 11.0 Å². The maximum absolute atomic E-state index is 12.6. The number of carbonyl (C=O) groups is 2. The van der Waals surface area contributed by atoms with Crippen molar-refractivity contribution in [1.82, 2.24) is 20.1 Å². The number of aromatic nitrogens is 3. The summed E-state index contributed by atoms with van der Waals surface area (Å²) in [5, 5.41) is 25.8. The quantitative estimate of drug-likeness (QED) is 0.252. The highest BCUT2D eigenvalue weighted by atomic mass is 35.5. The predicted octanol–water partition coefficient (Wildman–Crippen LogP) is 4.39. The number of rotatable bonds is 9. The smallest absolute Gasteiger partial charge is 0.269 e. The van der Waals surface area contributed by atoms with Gasteiger partial charge >= 0.3 is 0 Å². The summed E-state index contributed by atoms with van der Waals surface area (Å²) in [6, 6.07) is 10.6. The van der Waals surface area contributed by atoms with Crippen LogP contribution >= 0.6 is 23.4 Å². The van der Waals surface area contributed by atoms with Gasteiger partial charge in [0.25, 0.3) is 11.6 Å². The van der Waals surface area contributed by atoms with E-state index < -0.39 is 11.0 Å². The summed E-state index contributed by atoms with van der Waals surface area (Å²) in [5.74, 6) is 0.0108. The van der Waals surface area contributed by atoms with Gasteiger partial charge in [-0.1, -0.05) is 35.5 Å². The van der Waals surface area contributed by atoms with E-state index in [9.17, 15) is 19.7 Å². The molecular formula is C22H23ClN6O4S. The molecule has 0 unspecified atom stereocenters. The number of nitrogens with zero attached hydrogens (tertiary/aromatic N) is 4. The summed E-state index contributed by atoms with van der Waals surface area (Å²) in [6.07, 6.45) is 0. The fourth-order valence-electron chi connectivity index (χ4n) is 3.23. The van der Waals surface area contributed by atoms with Crippen LogP contribution in [0.2, 0.25) is 5.02 Å². The molecule has 10 nitrogen and oxygen atoms in total. The van der Waals surface area contributed by atoms with Crippen molar-refractivity contribution in [3.05, 3.63) is 74.6 Å². The van der Waals surface area contributed by atoms with E-state index in [1.807, 2.05) is 11.5 Å². The van der Waals surface area contributed by atoms with Crippen molar-refractivity contribution < 1.29 is 14.5 Å². The summed E-state index contributed by atoms with van der Waals surface area (Å²) < 4.78 is 1.83. The molecule has 2 N–H and O–H groups in total. The second-order valence-electron chi connectivity index (χ2n) is 7.35. The molecule has 1 atom stereocenters. The van der Waals surface area contributed by atoms with Crippen molar-refractivity contribution in [2.45, 2.75) is 38.5 Å². The van der Waals surface area contributed by atoms with E-state index in [1.54, 1.807) is 38.1 Å². The molecular weight excluding hydrogens is 480 g/mol. The van der Waals surface area contributed by atoms with Crippen molar-refractivity contribution in [3.8, 4) is 0 Å². The minimum atomic E-state index is -0.485. The van der Waals surface area contributed by atoms with Crippen LogP contribution in [0.25, 0.3) is 0 Å². The molecule has 1 aromatic heterocycles. The van der Waals surface area contributed by atoms with Crippen LogP contribution in [0.5, 0.6) is 0 Å². The Morgan fingerprint density at radius 3 is 2.62 bits per heavy atom. The number of anilines is 1. The Bertz CT molecular complexity index is 1230. The number of benzene rings is 2. The van der Waals surface area contributed by atoms with E-state index in [0.717, 1.165) is 0 Å². The van der Waals surface area contributed by atoms with Gasteiger partial charge in [-0.3, -0.25) is 19.7 Å². The summed E-state index contributed by atoms with van der Waals surface area (Å²) in [4.78, 5) is 35.4. The number of nitrogens with one attached hydrogen (secondary N) is 2. The highest BCUT2D eigenvalue weighted by Gasteiger charge is 2.21. The highest BCUT2D eigenvalue weighted by Crippen LogP contribution is 2.24. The highest BCUT2D eigenvalue weighted by molar-refractivity contribution is 7.99. The number of hydrogen-bond acceptors (Lipinski definition) is 7. The number of carbonyl (C=O) groups excluding carboxylic acids is 2. The molecule has 0 bridgehead atoms. The number of hydrogen-bond donors (Lipinski definition) is 2. The zero-order valence-electron chi connectivity index (χ0n) is 18.7. The number of nitro groups is 1. The average molecular weight is 503 g/mol. The zero-order valence-corrected chi connectivity index (χ0v) is 20.3. The first-order valence-corrected chi connectivity index (χ1v) is 11.7. The fourth-order valence-corrected chi connectivity index (χ4v) is 4.26. The van der Waals surface area contributed by atoms with E-state index in [-0.39, 0.29) is 23.3 Å². The van der Waals surface area contributed by atoms with E-state index in [4.69, 9.17) is 11.6 Å². The minimum Gasteiger partial charge on any atom is -0.342 e. The van der Waals surface area contributed by atoms with E-state index in [2.05, 4.69) is 20.8 Å². The second-order valence-corrected chi connectivity index (χ2v) is 8.70. The van der Waals surface area contributed by atoms with Gasteiger partial charge in [0.2, 0.25) is 5.91 Å². The number of nitro benzene ring substituents is 1. The Hall–Kier alpha value is -3.44. The lowest BCUT2D eigenvalue weighted by Crippen LogP contribution is -2.29.